The average molecular weight is 516 g/mol. The number of hydrogen-bond donors (Lipinski definition) is 2. The van der Waals surface area contributed by atoms with Crippen molar-refractivity contribution >= 4 is 11.6 Å². The Morgan fingerprint density at radius 1 is 1.11 bits per heavy atom. The number of nitrogens with one attached hydrogen (secondary N) is 2. The highest BCUT2D eigenvalue weighted by Crippen LogP contribution is 2.32. The Balaban J connectivity index is 1.32. The van der Waals surface area contributed by atoms with Gasteiger partial charge in [-0.1, -0.05) is 0 Å². The van der Waals surface area contributed by atoms with Gasteiger partial charge in [0.1, 0.15) is 5.56 Å². The zero-order valence-electron chi connectivity index (χ0n) is 19.0. The molecule has 4 heterocycles. The standard InChI is InChI=1S/C21H22F6N8O/c1-12(31-16-9-30-32-18(36)17(16)21(25,26)27)3-2-5-35-11-13-10-34(6-4-15(13)33-35)19-28-7-14(8-29-19)20(22,23)24/h7-9,11-12H,2-6,10H2,1H3,(H2,31,32,36)/t12-/m0/s1. The molecule has 1 aliphatic heterocycles. The van der Waals surface area contributed by atoms with Gasteiger partial charge in [0.2, 0.25) is 5.95 Å². The molecular formula is C21H22F6N8O. The van der Waals surface area contributed by atoms with Crippen LogP contribution in [0.3, 0.4) is 0 Å². The van der Waals surface area contributed by atoms with Crippen LogP contribution in [0.15, 0.2) is 29.6 Å². The Morgan fingerprint density at radius 2 is 1.83 bits per heavy atom. The maximum atomic E-state index is 13.2. The van der Waals surface area contributed by atoms with Crippen LogP contribution in [-0.4, -0.2) is 42.5 Å². The summed E-state index contributed by atoms with van der Waals surface area (Å²) in [6.45, 7) is 3.11. The van der Waals surface area contributed by atoms with Crippen LogP contribution in [0, 0.1) is 0 Å². The monoisotopic (exact) mass is 516 g/mol. The molecular weight excluding hydrogens is 494 g/mol. The minimum Gasteiger partial charge on any atom is -0.381 e. The highest BCUT2D eigenvalue weighted by atomic mass is 19.4. The molecule has 15 heteroatoms. The van der Waals surface area contributed by atoms with E-state index in [4.69, 9.17) is 0 Å². The van der Waals surface area contributed by atoms with Gasteiger partial charge in [0.05, 0.1) is 23.1 Å². The van der Waals surface area contributed by atoms with Crippen molar-refractivity contribution in [1.29, 1.82) is 0 Å². The third kappa shape index (κ3) is 5.76. The zero-order valence-corrected chi connectivity index (χ0v) is 19.0. The number of halogens is 6. The number of aromatic nitrogens is 6. The number of hydrogen-bond acceptors (Lipinski definition) is 7. The Hall–Kier alpha value is -3.65. The van der Waals surface area contributed by atoms with Crippen molar-refractivity contribution in [3.8, 4) is 0 Å². The molecule has 0 saturated carbocycles. The van der Waals surface area contributed by atoms with Crippen LogP contribution in [0.4, 0.5) is 38.0 Å². The van der Waals surface area contributed by atoms with Gasteiger partial charge in [-0.15, -0.1) is 0 Å². The summed E-state index contributed by atoms with van der Waals surface area (Å²) in [7, 11) is 0. The molecule has 3 aromatic rings. The van der Waals surface area contributed by atoms with Gasteiger partial charge in [0.25, 0.3) is 5.56 Å². The topological polar surface area (TPSA) is 105 Å². The lowest BCUT2D eigenvalue weighted by molar-refractivity contribution is -0.139. The maximum Gasteiger partial charge on any atom is 0.423 e. The lowest BCUT2D eigenvalue weighted by Crippen LogP contribution is -2.31. The van der Waals surface area contributed by atoms with Crippen molar-refractivity contribution in [3.63, 3.8) is 0 Å². The second-order valence-corrected chi connectivity index (χ2v) is 8.48. The Kier molecular flexibility index (Phi) is 6.91. The molecule has 36 heavy (non-hydrogen) atoms. The Morgan fingerprint density at radius 3 is 2.50 bits per heavy atom. The summed E-state index contributed by atoms with van der Waals surface area (Å²) in [6.07, 6.45) is -3.35. The maximum absolute atomic E-state index is 13.2. The summed E-state index contributed by atoms with van der Waals surface area (Å²) in [5.74, 6) is 0.203. The number of anilines is 2. The van der Waals surface area contributed by atoms with E-state index in [1.165, 1.54) is 0 Å². The van der Waals surface area contributed by atoms with E-state index >= 15 is 0 Å². The van der Waals surface area contributed by atoms with E-state index in [2.05, 4.69) is 25.5 Å². The SMILES string of the molecule is C[C@@H](CCCn1cc2c(n1)CCN(c1ncc(C(F)(F)F)cn1)C2)Nc1cn[nH]c(=O)c1C(F)(F)F. The minimum atomic E-state index is -4.81. The van der Waals surface area contributed by atoms with E-state index < -0.39 is 29.0 Å². The summed E-state index contributed by atoms with van der Waals surface area (Å²) in [4.78, 5) is 21.0. The molecule has 0 saturated heterocycles. The van der Waals surface area contributed by atoms with Gasteiger partial charge in [-0.2, -0.15) is 36.5 Å². The first-order valence-corrected chi connectivity index (χ1v) is 11.0. The summed E-state index contributed by atoms with van der Waals surface area (Å²) >= 11 is 0. The number of H-pyrrole nitrogens is 1. The van der Waals surface area contributed by atoms with E-state index in [1.807, 2.05) is 6.20 Å². The molecule has 0 bridgehead atoms. The Labute approximate surface area is 200 Å². The normalized spacial score (nSPS) is 15.0. The minimum absolute atomic E-state index is 0.203. The lowest BCUT2D eigenvalue weighted by atomic mass is 10.1. The van der Waals surface area contributed by atoms with Crippen molar-refractivity contribution in [3.05, 3.63) is 57.5 Å². The van der Waals surface area contributed by atoms with E-state index in [-0.39, 0.29) is 17.7 Å². The largest absolute Gasteiger partial charge is 0.423 e. The van der Waals surface area contributed by atoms with Gasteiger partial charge >= 0.3 is 12.4 Å². The van der Waals surface area contributed by atoms with Crippen LogP contribution in [0.2, 0.25) is 0 Å². The lowest BCUT2D eigenvalue weighted by Gasteiger charge is -2.26. The predicted molar refractivity (Wildman–Crippen MR) is 116 cm³/mol. The fourth-order valence-electron chi connectivity index (χ4n) is 3.97. The molecule has 2 N–H and O–H groups in total. The number of nitrogens with zero attached hydrogens (tertiary/aromatic N) is 6. The highest BCUT2D eigenvalue weighted by molar-refractivity contribution is 5.50. The quantitative estimate of drug-likeness (QED) is 0.462. The average Bonchev–Trinajstić information content (AvgIpc) is 3.19. The summed E-state index contributed by atoms with van der Waals surface area (Å²) in [6, 6.07) is -0.368. The molecule has 1 atom stereocenters. The first-order valence-electron chi connectivity index (χ1n) is 11.0. The van der Waals surface area contributed by atoms with Gasteiger partial charge in [0, 0.05) is 56.3 Å². The first kappa shape index (κ1) is 25.4. The highest BCUT2D eigenvalue weighted by Gasteiger charge is 2.37. The van der Waals surface area contributed by atoms with Crippen molar-refractivity contribution in [2.75, 3.05) is 16.8 Å². The van der Waals surface area contributed by atoms with Crippen molar-refractivity contribution in [2.45, 2.75) is 57.7 Å². The second-order valence-electron chi connectivity index (χ2n) is 8.48. The van der Waals surface area contributed by atoms with Gasteiger partial charge in [-0.05, 0) is 19.8 Å². The van der Waals surface area contributed by atoms with E-state index in [0.29, 0.717) is 38.9 Å². The molecule has 9 nitrogen and oxygen atoms in total. The zero-order chi connectivity index (χ0) is 26.1. The number of aromatic amines is 1. The van der Waals surface area contributed by atoms with Crippen molar-refractivity contribution < 1.29 is 26.3 Å². The molecule has 0 amide bonds. The molecule has 0 fully saturated rings. The second kappa shape index (κ2) is 9.78. The number of fused-ring (bicyclic) bond motifs is 1. The molecule has 0 aromatic carbocycles. The van der Waals surface area contributed by atoms with Crippen LogP contribution in [0.1, 0.15) is 42.1 Å². The van der Waals surface area contributed by atoms with Crippen LogP contribution in [0.25, 0.3) is 0 Å². The Bertz CT molecular complexity index is 1250. The van der Waals surface area contributed by atoms with Gasteiger partial charge in [-0.3, -0.25) is 9.48 Å². The third-order valence-electron chi connectivity index (χ3n) is 5.72. The summed E-state index contributed by atoms with van der Waals surface area (Å²) in [5.41, 5.74) is -2.14. The van der Waals surface area contributed by atoms with Gasteiger partial charge in [0.15, 0.2) is 0 Å². The number of aryl methyl sites for hydroxylation is 1. The van der Waals surface area contributed by atoms with Crippen molar-refractivity contribution in [2.24, 2.45) is 0 Å². The smallest absolute Gasteiger partial charge is 0.381 e. The van der Waals surface area contributed by atoms with E-state index in [0.717, 1.165) is 29.8 Å². The molecule has 1 aliphatic rings. The molecule has 0 radical (unpaired) electrons. The predicted octanol–water partition coefficient (Wildman–Crippen LogP) is 3.64. The van der Waals surface area contributed by atoms with E-state index in [1.54, 1.807) is 21.6 Å². The van der Waals surface area contributed by atoms with Gasteiger partial charge in [-0.25, -0.2) is 15.1 Å². The summed E-state index contributed by atoms with van der Waals surface area (Å²) < 4.78 is 79.5. The molecule has 3 aromatic heterocycles. The van der Waals surface area contributed by atoms with E-state index in [9.17, 15) is 31.1 Å². The fraction of sp³-hybridized carbons (Fsp3) is 0.476. The number of rotatable bonds is 7. The molecule has 0 unspecified atom stereocenters. The van der Waals surface area contributed by atoms with Crippen LogP contribution >= 0.6 is 0 Å². The van der Waals surface area contributed by atoms with Gasteiger partial charge < -0.3 is 10.2 Å². The summed E-state index contributed by atoms with van der Waals surface area (Å²) in [5, 5.41) is 12.5. The fourth-order valence-corrected chi connectivity index (χ4v) is 3.97. The number of alkyl halides is 6. The molecule has 0 aliphatic carbocycles. The van der Waals surface area contributed by atoms with Crippen LogP contribution < -0.4 is 15.8 Å². The third-order valence-corrected chi connectivity index (χ3v) is 5.72. The molecule has 0 spiro atoms. The first-order chi connectivity index (χ1) is 16.9. The molecule has 4 rings (SSSR count). The van der Waals surface area contributed by atoms with Crippen molar-refractivity contribution in [1.82, 2.24) is 29.9 Å². The molecule has 194 valence electrons. The van der Waals surface area contributed by atoms with Crippen LogP contribution in [0.5, 0.6) is 0 Å². The van der Waals surface area contributed by atoms with Crippen LogP contribution in [-0.2, 0) is 31.9 Å².